The van der Waals surface area contributed by atoms with Crippen molar-refractivity contribution < 1.29 is 8.78 Å². The number of hydrogen-bond donors (Lipinski definition) is 1. The second kappa shape index (κ2) is 7.51. The van der Waals surface area contributed by atoms with Crippen molar-refractivity contribution in [1.29, 1.82) is 5.26 Å². The lowest BCUT2D eigenvalue weighted by Gasteiger charge is -2.46. The second-order valence-electron chi connectivity index (χ2n) is 7.45. The highest BCUT2D eigenvalue weighted by molar-refractivity contribution is 5.61. The number of aromatic nitrogens is 4. The Morgan fingerprint density at radius 3 is 2.66 bits per heavy atom. The molecule has 0 unspecified atom stereocenters. The van der Waals surface area contributed by atoms with Gasteiger partial charge in [0.2, 0.25) is 5.95 Å². The summed E-state index contributed by atoms with van der Waals surface area (Å²) in [6.45, 7) is 2.54. The van der Waals surface area contributed by atoms with E-state index in [0.29, 0.717) is 23.7 Å². The van der Waals surface area contributed by atoms with Crippen LogP contribution in [0.3, 0.4) is 0 Å². The minimum atomic E-state index is -0.506. The summed E-state index contributed by atoms with van der Waals surface area (Å²) >= 11 is 0. The SMILES string of the molecule is C[C@H]1C[C@](CNc2ncc(-c3cc(C#N)ccc3F)nn2)(c2ncccc2F)C1. The fraction of sp³-hybridized carbons (Fsp3) is 0.286. The Bertz CT molecular complexity index is 1070. The van der Waals surface area contributed by atoms with E-state index in [1.807, 2.05) is 6.07 Å². The van der Waals surface area contributed by atoms with Crippen molar-refractivity contribution in [2.24, 2.45) is 5.92 Å². The molecular weight excluding hydrogens is 374 g/mol. The zero-order chi connectivity index (χ0) is 20.4. The molecule has 2 aromatic heterocycles. The Morgan fingerprint density at radius 2 is 2.00 bits per heavy atom. The highest BCUT2D eigenvalue weighted by Gasteiger charge is 2.46. The Hall–Kier alpha value is -3.47. The van der Waals surface area contributed by atoms with Gasteiger partial charge >= 0.3 is 0 Å². The monoisotopic (exact) mass is 392 g/mol. The van der Waals surface area contributed by atoms with Gasteiger partial charge in [-0.25, -0.2) is 13.8 Å². The van der Waals surface area contributed by atoms with Gasteiger partial charge in [0.15, 0.2) is 0 Å². The molecular formula is C21H18F2N6. The number of rotatable bonds is 5. The lowest BCUT2D eigenvalue weighted by atomic mass is 9.60. The molecule has 1 aliphatic rings. The highest BCUT2D eigenvalue weighted by atomic mass is 19.1. The highest BCUT2D eigenvalue weighted by Crippen LogP contribution is 2.47. The van der Waals surface area contributed by atoms with E-state index >= 15 is 0 Å². The number of hydrogen-bond acceptors (Lipinski definition) is 6. The van der Waals surface area contributed by atoms with Gasteiger partial charge in [-0.15, -0.1) is 10.2 Å². The Morgan fingerprint density at radius 1 is 1.17 bits per heavy atom. The molecule has 0 amide bonds. The summed E-state index contributed by atoms with van der Waals surface area (Å²) < 4.78 is 28.4. The average molecular weight is 392 g/mol. The van der Waals surface area contributed by atoms with E-state index in [1.54, 1.807) is 12.3 Å². The quantitative estimate of drug-likeness (QED) is 0.709. The first-order valence-electron chi connectivity index (χ1n) is 9.25. The van der Waals surface area contributed by atoms with Crippen LogP contribution in [0.25, 0.3) is 11.3 Å². The molecule has 1 aromatic carbocycles. The summed E-state index contributed by atoms with van der Waals surface area (Å²) in [6, 6.07) is 8.98. The molecule has 146 valence electrons. The molecule has 0 aliphatic heterocycles. The number of halogens is 2. The number of pyridine rings is 1. The lowest BCUT2D eigenvalue weighted by molar-refractivity contribution is 0.159. The Kier molecular flexibility index (Phi) is 4.89. The average Bonchev–Trinajstić information content (AvgIpc) is 2.72. The molecule has 0 spiro atoms. The van der Waals surface area contributed by atoms with E-state index in [2.05, 4.69) is 32.4 Å². The third-order valence-corrected chi connectivity index (χ3v) is 5.26. The summed E-state index contributed by atoms with van der Waals surface area (Å²) in [5.41, 5.74) is 0.748. The fourth-order valence-electron chi connectivity index (χ4n) is 3.99. The summed E-state index contributed by atoms with van der Waals surface area (Å²) in [6.07, 6.45) is 4.61. The first-order chi connectivity index (χ1) is 14.0. The van der Waals surface area contributed by atoms with Gasteiger partial charge in [-0.1, -0.05) is 6.92 Å². The van der Waals surface area contributed by atoms with Crippen molar-refractivity contribution >= 4 is 5.95 Å². The summed E-state index contributed by atoms with van der Waals surface area (Å²) in [4.78, 5) is 8.46. The van der Waals surface area contributed by atoms with Gasteiger partial charge in [0.05, 0.1) is 23.5 Å². The van der Waals surface area contributed by atoms with E-state index in [9.17, 15) is 8.78 Å². The topological polar surface area (TPSA) is 87.4 Å². The van der Waals surface area contributed by atoms with E-state index in [-0.39, 0.29) is 23.0 Å². The van der Waals surface area contributed by atoms with Crippen molar-refractivity contribution in [3.05, 3.63) is 65.6 Å². The molecule has 0 atom stereocenters. The second-order valence-corrected chi connectivity index (χ2v) is 7.45. The number of benzene rings is 1. The molecule has 1 N–H and O–H groups in total. The molecule has 0 saturated heterocycles. The lowest BCUT2D eigenvalue weighted by Crippen LogP contribution is -2.47. The molecule has 2 heterocycles. The molecule has 1 saturated carbocycles. The van der Waals surface area contributed by atoms with Gasteiger partial charge in [-0.2, -0.15) is 5.26 Å². The van der Waals surface area contributed by atoms with Crippen LogP contribution in [0, 0.1) is 28.9 Å². The van der Waals surface area contributed by atoms with Gasteiger partial charge in [0, 0.05) is 23.7 Å². The molecule has 29 heavy (non-hydrogen) atoms. The van der Waals surface area contributed by atoms with Crippen LogP contribution in [0.5, 0.6) is 0 Å². The van der Waals surface area contributed by atoms with E-state index in [0.717, 1.165) is 12.8 Å². The van der Waals surface area contributed by atoms with Crippen molar-refractivity contribution in [2.75, 3.05) is 11.9 Å². The first-order valence-corrected chi connectivity index (χ1v) is 9.25. The Labute approximate surface area is 166 Å². The Balaban J connectivity index is 1.52. The molecule has 0 radical (unpaired) electrons. The molecule has 1 fully saturated rings. The largest absolute Gasteiger partial charge is 0.352 e. The van der Waals surface area contributed by atoms with Crippen LogP contribution < -0.4 is 5.32 Å². The van der Waals surface area contributed by atoms with Crippen LogP contribution in [0.15, 0.2) is 42.7 Å². The molecule has 1 aliphatic carbocycles. The standard InChI is InChI=1S/C21H18F2N6/c1-13-8-21(9-13,19-17(23)3-2-6-25-19)12-27-20-26-11-18(28-29-20)15-7-14(10-24)4-5-16(15)22/h2-7,11,13H,8-9,12H2,1H3,(H,26,27,29)/t13-,21-. The van der Waals surface area contributed by atoms with Crippen LogP contribution in [0.1, 0.15) is 31.0 Å². The van der Waals surface area contributed by atoms with E-state index in [4.69, 9.17) is 5.26 Å². The number of nitrogens with one attached hydrogen (secondary N) is 1. The fourth-order valence-corrected chi connectivity index (χ4v) is 3.99. The number of nitriles is 1. The number of nitrogens with zero attached hydrogens (tertiary/aromatic N) is 5. The third-order valence-electron chi connectivity index (χ3n) is 5.26. The first kappa shape index (κ1) is 18.9. The van der Waals surface area contributed by atoms with Crippen LogP contribution >= 0.6 is 0 Å². The van der Waals surface area contributed by atoms with Crippen molar-refractivity contribution in [2.45, 2.75) is 25.2 Å². The maximum atomic E-state index is 14.3. The van der Waals surface area contributed by atoms with E-state index in [1.165, 1.54) is 30.5 Å². The van der Waals surface area contributed by atoms with Crippen LogP contribution in [-0.4, -0.2) is 26.7 Å². The summed E-state index contributed by atoms with van der Waals surface area (Å²) in [5, 5.41) is 20.1. The van der Waals surface area contributed by atoms with Crippen molar-refractivity contribution in [3.8, 4) is 17.3 Å². The maximum absolute atomic E-state index is 14.3. The minimum Gasteiger partial charge on any atom is -0.352 e. The van der Waals surface area contributed by atoms with E-state index < -0.39 is 11.2 Å². The van der Waals surface area contributed by atoms with Gasteiger partial charge in [0.1, 0.15) is 17.3 Å². The summed E-state index contributed by atoms with van der Waals surface area (Å²) in [5.74, 6) is -0.0758. The molecule has 3 aromatic rings. The third kappa shape index (κ3) is 3.63. The normalized spacial score (nSPS) is 20.6. The van der Waals surface area contributed by atoms with Crippen molar-refractivity contribution in [3.63, 3.8) is 0 Å². The van der Waals surface area contributed by atoms with Gasteiger partial charge in [0.25, 0.3) is 0 Å². The predicted molar refractivity (Wildman–Crippen MR) is 103 cm³/mol. The zero-order valence-electron chi connectivity index (χ0n) is 15.7. The van der Waals surface area contributed by atoms with Crippen molar-refractivity contribution in [1.82, 2.24) is 20.2 Å². The smallest absolute Gasteiger partial charge is 0.242 e. The zero-order valence-corrected chi connectivity index (χ0v) is 15.7. The molecule has 0 bridgehead atoms. The molecule has 8 heteroatoms. The predicted octanol–water partition coefficient (Wildman–Crippen LogP) is 3.86. The van der Waals surface area contributed by atoms with Crippen LogP contribution in [0.4, 0.5) is 14.7 Å². The number of anilines is 1. The molecule has 4 rings (SSSR count). The minimum absolute atomic E-state index is 0.162. The molecule has 6 nitrogen and oxygen atoms in total. The van der Waals surface area contributed by atoms with Gasteiger partial charge < -0.3 is 5.32 Å². The maximum Gasteiger partial charge on any atom is 0.242 e. The van der Waals surface area contributed by atoms with Crippen LogP contribution in [0.2, 0.25) is 0 Å². The van der Waals surface area contributed by atoms with Gasteiger partial charge in [-0.3, -0.25) is 4.98 Å². The van der Waals surface area contributed by atoms with Crippen LogP contribution in [-0.2, 0) is 5.41 Å². The van der Waals surface area contributed by atoms with Gasteiger partial charge in [-0.05, 0) is 49.1 Å². The summed E-state index contributed by atoms with van der Waals surface area (Å²) in [7, 11) is 0.